The minimum atomic E-state index is 0.00852. The third kappa shape index (κ3) is 4.33. The molecule has 0 aliphatic carbocycles. The van der Waals surface area contributed by atoms with Gasteiger partial charge in [0, 0.05) is 0 Å². The summed E-state index contributed by atoms with van der Waals surface area (Å²) in [5.74, 6) is 0.375. The number of rotatable bonds is 5. The topological polar surface area (TPSA) is 54.9 Å². The predicted octanol–water partition coefficient (Wildman–Crippen LogP) is 2.82. The Bertz CT molecular complexity index is 542. The summed E-state index contributed by atoms with van der Waals surface area (Å²) in [6, 6.07) is 9.93. The number of carbonyl (C=O) groups is 1. The van der Waals surface area contributed by atoms with E-state index in [1.54, 1.807) is 0 Å². The normalized spacial score (nSPS) is 12.1. The molecular formula is C13H15N3OS2. The van der Waals surface area contributed by atoms with Crippen molar-refractivity contribution in [1.29, 1.82) is 0 Å². The minimum absolute atomic E-state index is 0.00852. The van der Waals surface area contributed by atoms with Gasteiger partial charge in [-0.15, -0.1) is 10.2 Å². The Balaban J connectivity index is 1.81. The number of hydrogen-bond donors (Lipinski definition) is 1. The van der Waals surface area contributed by atoms with Crippen LogP contribution in [0.25, 0.3) is 0 Å². The average molecular weight is 293 g/mol. The predicted molar refractivity (Wildman–Crippen MR) is 78.4 cm³/mol. The van der Waals surface area contributed by atoms with Gasteiger partial charge in [-0.05, 0) is 19.4 Å². The number of benzene rings is 1. The molecule has 1 aromatic heterocycles. The van der Waals surface area contributed by atoms with E-state index in [9.17, 15) is 4.79 Å². The standard InChI is InChI=1S/C13H15N3OS2/c1-9(11-6-4-3-5-7-11)14-12(17)8-18-13-16-15-10(2)19-13/h3-7,9H,8H2,1-2H3,(H,14,17). The number of hydrogen-bond acceptors (Lipinski definition) is 5. The van der Waals surface area contributed by atoms with E-state index in [2.05, 4.69) is 15.5 Å². The van der Waals surface area contributed by atoms with E-state index in [0.29, 0.717) is 5.75 Å². The largest absolute Gasteiger partial charge is 0.349 e. The number of nitrogens with one attached hydrogen (secondary N) is 1. The van der Waals surface area contributed by atoms with Crippen LogP contribution in [0.2, 0.25) is 0 Å². The zero-order valence-corrected chi connectivity index (χ0v) is 12.4. The fourth-order valence-corrected chi connectivity index (χ4v) is 3.20. The van der Waals surface area contributed by atoms with Crippen LogP contribution in [0.1, 0.15) is 23.5 Å². The zero-order chi connectivity index (χ0) is 13.7. The molecule has 1 aromatic carbocycles. The molecule has 0 radical (unpaired) electrons. The third-order valence-electron chi connectivity index (χ3n) is 2.51. The lowest BCUT2D eigenvalue weighted by molar-refractivity contribution is -0.119. The second-order valence-corrected chi connectivity index (χ2v) is 6.48. The molecule has 0 fully saturated rings. The van der Waals surface area contributed by atoms with Crippen molar-refractivity contribution in [3.8, 4) is 0 Å². The number of aromatic nitrogens is 2. The van der Waals surface area contributed by atoms with E-state index in [1.165, 1.54) is 23.1 Å². The maximum Gasteiger partial charge on any atom is 0.230 e. The molecule has 4 nitrogen and oxygen atoms in total. The minimum Gasteiger partial charge on any atom is -0.349 e. The quantitative estimate of drug-likeness (QED) is 0.861. The Kier molecular flexibility index (Phi) is 4.93. The van der Waals surface area contributed by atoms with Gasteiger partial charge in [-0.25, -0.2) is 0 Å². The summed E-state index contributed by atoms with van der Waals surface area (Å²) in [6.45, 7) is 3.88. The number of carbonyl (C=O) groups excluding carboxylic acids is 1. The van der Waals surface area contributed by atoms with E-state index in [1.807, 2.05) is 44.2 Å². The van der Waals surface area contributed by atoms with Gasteiger partial charge in [0.05, 0.1) is 11.8 Å². The fraction of sp³-hybridized carbons (Fsp3) is 0.308. The first-order chi connectivity index (χ1) is 9.15. The molecule has 1 amide bonds. The van der Waals surface area contributed by atoms with Crippen LogP contribution in [-0.4, -0.2) is 21.9 Å². The summed E-state index contributed by atoms with van der Waals surface area (Å²) < 4.78 is 0.833. The maximum atomic E-state index is 11.8. The molecule has 100 valence electrons. The van der Waals surface area contributed by atoms with E-state index >= 15 is 0 Å². The van der Waals surface area contributed by atoms with Crippen LogP contribution < -0.4 is 5.32 Å². The van der Waals surface area contributed by atoms with Gasteiger partial charge in [-0.3, -0.25) is 4.79 Å². The van der Waals surface area contributed by atoms with Crippen LogP contribution in [0.15, 0.2) is 34.7 Å². The number of nitrogens with zero attached hydrogens (tertiary/aromatic N) is 2. The first-order valence-electron chi connectivity index (χ1n) is 5.92. The Morgan fingerprint density at radius 2 is 2.11 bits per heavy atom. The molecule has 1 N–H and O–H groups in total. The molecule has 1 heterocycles. The number of thioether (sulfide) groups is 1. The summed E-state index contributed by atoms with van der Waals surface area (Å²) in [6.07, 6.45) is 0. The van der Waals surface area contributed by atoms with Crippen LogP contribution in [-0.2, 0) is 4.79 Å². The smallest absolute Gasteiger partial charge is 0.230 e. The molecule has 2 rings (SSSR count). The zero-order valence-electron chi connectivity index (χ0n) is 10.8. The highest BCUT2D eigenvalue weighted by Gasteiger charge is 2.10. The van der Waals surface area contributed by atoms with Crippen LogP contribution in [0.3, 0.4) is 0 Å². The Hall–Kier alpha value is -1.40. The maximum absolute atomic E-state index is 11.8. The summed E-state index contributed by atoms with van der Waals surface area (Å²) >= 11 is 2.93. The molecule has 0 aliphatic rings. The summed E-state index contributed by atoms with van der Waals surface area (Å²) in [7, 11) is 0. The lowest BCUT2D eigenvalue weighted by Gasteiger charge is -2.13. The van der Waals surface area contributed by atoms with Crippen molar-refractivity contribution in [2.45, 2.75) is 24.2 Å². The van der Waals surface area contributed by atoms with Gasteiger partial charge in [-0.2, -0.15) is 0 Å². The van der Waals surface area contributed by atoms with Gasteiger partial charge in [0.2, 0.25) is 5.91 Å². The molecule has 0 saturated heterocycles. The van der Waals surface area contributed by atoms with Crippen molar-refractivity contribution in [3.05, 3.63) is 40.9 Å². The second kappa shape index (κ2) is 6.68. The van der Waals surface area contributed by atoms with Crippen molar-refractivity contribution in [3.63, 3.8) is 0 Å². The van der Waals surface area contributed by atoms with Crippen molar-refractivity contribution in [2.75, 3.05) is 5.75 Å². The molecule has 6 heteroatoms. The third-order valence-corrected chi connectivity index (χ3v) is 4.48. The van der Waals surface area contributed by atoms with E-state index in [4.69, 9.17) is 0 Å². The first kappa shape index (κ1) is 14.0. The Labute approximate surface area is 120 Å². The van der Waals surface area contributed by atoms with Gasteiger partial charge in [-0.1, -0.05) is 53.4 Å². The summed E-state index contributed by atoms with van der Waals surface area (Å²) in [5, 5.41) is 11.8. The van der Waals surface area contributed by atoms with E-state index in [-0.39, 0.29) is 11.9 Å². The summed E-state index contributed by atoms with van der Waals surface area (Å²) in [5.41, 5.74) is 1.10. The average Bonchev–Trinajstić information content (AvgIpc) is 2.83. The van der Waals surface area contributed by atoms with Crippen molar-refractivity contribution >= 4 is 29.0 Å². The van der Waals surface area contributed by atoms with E-state index in [0.717, 1.165) is 14.9 Å². The second-order valence-electron chi connectivity index (χ2n) is 4.08. The molecule has 0 saturated carbocycles. The highest BCUT2D eigenvalue weighted by atomic mass is 32.2. The monoisotopic (exact) mass is 293 g/mol. The van der Waals surface area contributed by atoms with Gasteiger partial charge in [0.15, 0.2) is 4.34 Å². The summed E-state index contributed by atoms with van der Waals surface area (Å²) in [4.78, 5) is 11.8. The molecule has 1 unspecified atom stereocenters. The first-order valence-corrected chi connectivity index (χ1v) is 7.72. The molecule has 0 spiro atoms. The number of aryl methyl sites for hydroxylation is 1. The molecule has 0 bridgehead atoms. The molecular weight excluding hydrogens is 278 g/mol. The Morgan fingerprint density at radius 3 is 2.74 bits per heavy atom. The molecule has 19 heavy (non-hydrogen) atoms. The van der Waals surface area contributed by atoms with Crippen molar-refractivity contribution < 1.29 is 4.79 Å². The molecule has 1 atom stereocenters. The van der Waals surface area contributed by atoms with Gasteiger partial charge in [0.25, 0.3) is 0 Å². The Morgan fingerprint density at radius 1 is 1.37 bits per heavy atom. The van der Waals surface area contributed by atoms with Gasteiger partial charge < -0.3 is 5.32 Å². The lowest BCUT2D eigenvalue weighted by atomic mass is 10.1. The van der Waals surface area contributed by atoms with Gasteiger partial charge >= 0.3 is 0 Å². The lowest BCUT2D eigenvalue weighted by Crippen LogP contribution is -2.28. The number of amides is 1. The highest BCUT2D eigenvalue weighted by molar-refractivity contribution is 8.01. The van der Waals surface area contributed by atoms with Crippen LogP contribution in [0.5, 0.6) is 0 Å². The van der Waals surface area contributed by atoms with Crippen molar-refractivity contribution in [2.24, 2.45) is 0 Å². The SMILES string of the molecule is Cc1nnc(SCC(=O)NC(C)c2ccccc2)s1. The van der Waals surface area contributed by atoms with Crippen LogP contribution in [0.4, 0.5) is 0 Å². The fourth-order valence-electron chi connectivity index (χ4n) is 1.57. The van der Waals surface area contributed by atoms with Crippen LogP contribution >= 0.6 is 23.1 Å². The van der Waals surface area contributed by atoms with Crippen LogP contribution in [0, 0.1) is 6.92 Å². The molecule has 0 aliphatic heterocycles. The molecule has 2 aromatic rings. The highest BCUT2D eigenvalue weighted by Crippen LogP contribution is 2.21. The van der Waals surface area contributed by atoms with E-state index < -0.39 is 0 Å². The van der Waals surface area contributed by atoms with Gasteiger partial charge in [0.1, 0.15) is 5.01 Å². The van der Waals surface area contributed by atoms with Crippen molar-refractivity contribution in [1.82, 2.24) is 15.5 Å².